The first-order valence-electron chi connectivity index (χ1n) is 7.29. The molecule has 112 valence electrons. The number of hydrogen-bond donors (Lipinski definition) is 1. The van der Waals surface area contributed by atoms with Gasteiger partial charge in [0.15, 0.2) is 0 Å². The van der Waals surface area contributed by atoms with Crippen LogP contribution in [0.5, 0.6) is 0 Å². The van der Waals surface area contributed by atoms with Gasteiger partial charge < -0.3 is 5.32 Å². The molecule has 2 aromatic rings. The van der Waals surface area contributed by atoms with Gasteiger partial charge >= 0.3 is 0 Å². The van der Waals surface area contributed by atoms with Crippen molar-refractivity contribution in [3.05, 3.63) is 65.5 Å². The topological polar surface area (TPSA) is 24.9 Å². The lowest BCUT2D eigenvalue weighted by molar-refractivity contribution is 0.445. The Balaban J connectivity index is 2.14. The van der Waals surface area contributed by atoms with Crippen LogP contribution in [0.15, 0.2) is 42.6 Å². The third-order valence-electron chi connectivity index (χ3n) is 3.40. The Kier molecular flexibility index (Phi) is 5.81. The molecule has 1 aromatic carbocycles. The van der Waals surface area contributed by atoms with Crippen molar-refractivity contribution in [3.63, 3.8) is 0 Å². The van der Waals surface area contributed by atoms with E-state index < -0.39 is 11.6 Å². The van der Waals surface area contributed by atoms with Gasteiger partial charge in [0.25, 0.3) is 0 Å². The van der Waals surface area contributed by atoms with Gasteiger partial charge in [-0.2, -0.15) is 0 Å². The fraction of sp³-hybridized carbons (Fsp3) is 0.353. The molecule has 2 rings (SSSR count). The van der Waals surface area contributed by atoms with Gasteiger partial charge in [-0.3, -0.25) is 4.98 Å². The molecule has 0 fully saturated rings. The molecular formula is C17H20F2N2. The van der Waals surface area contributed by atoms with E-state index in [1.54, 1.807) is 6.20 Å². The van der Waals surface area contributed by atoms with Crippen molar-refractivity contribution in [2.24, 2.45) is 0 Å². The maximum absolute atomic E-state index is 14.0. The van der Waals surface area contributed by atoms with Crippen LogP contribution in [-0.4, -0.2) is 11.5 Å². The number of nitrogens with one attached hydrogen (secondary N) is 1. The van der Waals surface area contributed by atoms with Crippen LogP contribution in [0.2, 0.25) is 0 Å². The molecule has 0 aliphatic heterocycles. The standard InChI is InChI=1S/C17H20F2N2/c1-2-11-21-16(10-9-13-6-3-4-12-20-13)17-14(18)7-5-8-15(17)19/h3-8,12,16,21H,2,9-11H2,1H3. The van der Waals surface area contributed by atoms with E-state index in [0.29, 0.717) is 12.8 Å². The van der Waals surface area contributed by atoms with Crippen molar-refractivity contribution >= 4 is 0 Å². The van der Waals surface area contributed by atoms with Gasteiger partial charge in [-0.25, -0.2) is 8.78 Å². The van der Waals surface area contributed by atoms with Crippen LogP contribution in [0.3, 0.4) is 0 Å². The van der Waals surface area contributed by atoms with E-state index in [1.807, 2.05) is 25.1 Å². The molecule has 1 N–H and O–H groups in total. The number of benzene rings is 1. The van der Waals surface area contributed by atoms with Gasteiger partial charge in [-0.15, -0.1) is 0 Å². The predicted molar refractivity (Wildman–Crippen MR) is 80.0 cm³/mol. The van der Waals surface area contributed by atoms with E-state index in [1.165, 1.54) is 18.2 Å². The van der Waals surface area contributed by atoms with E-state index in [2.05, 4.69) is 10.3 Å². The fourth-order valence-electron chi connectivity index (χ4n) is 2.35. The third kappa shape index (κ3) is 4.33. The van der Waals surface area contributed by atoms with Crippen LogP contribution in [-0.2, 0) is 6.42 Å². The Labute approximate surface area is 124 Å². The fourth-order valence-corrected chi connectivity index (χ4v) is 2.35. The molecule has 1 aromatic heterocycles. The van der Waals surface area contributed by atoms with Crippen LogP contribution < -0.4 is 5.32 Å². The second kappa shape index (κ2) is 7.84. The maximum atomic E-state index is 14.0. The molecular weight excluding hydrogens is 270 g/mol. The molecule has 21 heavy (non-hydrogen) atoms. The van der Waals surface area contributed by atoms with Crippen molar-refractivity contribution in [2.45, 2.75) is 32.2 Å². The second-order valence-electron chi connectivity index (χ2n) is 5.00. The predicted octanol–water partition coefficient (Wildman–Crippen LogP) is 4.03. The monoisotopic (exact) mass is 290 g/mol. The van der Waals surface area contributed by atoms with E-state index in [-0.39, 0.29) is 11.6 Å². The summed E-state index contributed by atoms with van der Waals surface area (Å²) in [6.45, 7) is 2.75. The Bertz CT molecular complexity index is 538. The lowest BCUT2D eigenvalue weighted by atomic mass is 9.99. The van der Waals surface area contributed by atoms with Crippen molar-refractivity contribution < 1.29 is 8.78 Å². The smallest absolute Gasteiger partial charge is 0.130 e. The summed E-state index contributed by atoms with van der Waals surface area (Å²) >= 11 is 0. The molecule has 1 atom stereocenters. The first kappa shape index (κ1) is 15.6. The summed E-state index contributed by atoms with van der Waals surface area (Å²) in [7, 11) is 0. The Morgan fingerprint density at radius 3 is 2.48 bits per heavy atom. The van der Waals surface area contributed by atoms with Gasteiger partial charge in [0, 0.05) is 23.5 Å². The highest BCUT2D eigenvalue weighted by molar-refractivity contribution is 5.23. The van der Waals surface area contributed by atoms with Gasteiger partial charge in [0.1, 0.15) is 11.6 Å². The molecule has 0 saturated heterocycles. The first-order chi connectivity index (χ1) is 10.2. The molecule has 0 spiro atoms. The van der Waals surface area contributed by atoms with Crippen molar-refractivity contribution in [3.8, 4) is 0 Å². The number of pyridine rings is 1. The largest absolute Gasteiger partial charge is 0.310 e. The Morgan fingerprint density at radius 1 is 1.10 bits per heavy atom. The summed E-state index contributed by atoms with van der Waals surface area (Å²) < 4.78 is 27.9. The first-order valence-corrected chi connectivity index (χ1v) is 7.29. The molecule has 4 heteroatoms. The molecule has 0 bridgehead atoms. The highest BCUT2D eigenvalue weighted by Crippen LogP contribution is 2.24. The summed E-state index contributed by atoms with van der Waals surface area (Å²) in [6, 6.07) is 9.36. The van der Waals surface area contributed by atoms with Crippen LogP contribution in [0, 0.1) is 11.6 Å². The minimum Gasteiger partial charge on any atom is -0.310 e. The number of aryl methyl sites for hydroxylation is 1. The highest BCUT2D eigenvalue weighted by atomic mass is 19.1. The minimum absolute atomic E-state index is 0.127. The van der Waals surface area contributed by atoms with E-state index in [9.17, 15) is 8.78 Å². The van der Waals surface area contributed by atoms with Crippen molar-refractivity contribution in [1.82, 2.24) is 10.3 Å². The lowest BCUT2D eigenvalue weighted by Gasteiger charge is -2.20. The van der Waals surface area contributed by atoms with E-state index in [4.69, 9.17) is 0 Å². The number of aromatic nitrogens is 1. The minimum atomic E-state index is -0.496. The average Bonchev–Trinajstić information content (AvgIpc) is 2.50. The molecule has 0 aliphatic rings. The zero-order valence-corrected chi connectivity index (χ0v) is 12.2. The molecule has 1 unspecified atom stereocenters. The normalized spacial score (nSPS) is 12.3. The zero-order valence-electron chi connectivity index (χ0n) is 12.2. The second-order valence-corrected chi connectivity index (χ2v) is 5.00. The number of halogens is 2. The summed E-state index contributed by atoms with van der Waals surface area (Å²) in [5.41, 5.74) is 1.06. The maximum Gasteiger partial charge on any atom is 0.130 e. The quantitative estimate of drug-likeness (QED) is 0.832. The van der Waals surface area contributed by atoms with E-state index >= 15 is 0 Å². The summed E-state index contributed by atoms with van der Waals surface area (Å²) in [6.07, 6.45) is 3.93. The molecule has 1 heterocycles. The lowest BCUT2D eigenvalue weighted by Crippen LogP contribution is -2.24. The SMILES string of the molecule is CCCNC(CCc1ccccn1)c1c(F)cccc1F. The van der Waals surface area contributed by atoms with Crippen molar-refractivity contribution in [1.29, 1.82) is 0 Å². The number of nitrogens with zero attached hydrogens (tertiary/aromatic N) is 1. The van der Waals surface area contributed by atoms with Crippen LogP contribution in [0.4, 0.5) is 8.78 Å². The van der Waals surface area contributed by atoms with Crippen LogP contribution in [0.1, 0.15) is 37.1 Å². The van der Waals surface area contributed by atoms with Gasteiger partial charge in [-0.05, 0) is 50.1 Å². The average molecular weight is 290 g/mol. The van der Waals surface area contributed by atoms with Crippen LogP contribution >= 0.6 is 0 Å². The third-order valence-corrected chi connectivity index (χ3v) is 3.40. The van der Waals surface area contributed by atoms with Gasteiger partial charge in [0.05, 0.1) is 0 Å². The number of rotatable bonds is 7. The summed E-state index contributed by atoms with van der Waals surface area (Å²) in [5, 5.41) is 3.23. The highest BCUT2D eigenvalue weighted by Gasteiger charge is 2.19. The number of hydrogen-bond acceptors (Lipinski definition) is 2. The van der Waals surface area contributed by atoms with Gasteiger partial charge in [-0.1, -0.05) is 19.1 Å². The molecule has 0 aliphatic carbocycles. The summed E-state index contributed by atoms with van der Waals surface area (Å²) in [4.78, 5) is 4.25. The molecule has 0 radical (unpaired) electrons. The van der Waals surface area contributed by atoms with Crippen LogP contribution in [0.25, 0.3) is 0 Å². The molecule has 0 amide bonds. The summed E-state index contributed by atoms with van der Waals surface area (Å²) in [5.74, 6) is -0.991. The van der Waals surface area contributed by atoms with Gasteiger partial charge in [0.2, 0.25) is 0 Å². The zero-order chi connectivity index (χ0) is 15.1. The van der Waals surface area contributed by atoms with E-state index in [0.717, 1.165) is 18.7 Å². The molecule has 2 nitrogen and oxygen atoms in total. The van der Waals surface area contributed by atoms with Crippen molar-refractivity contribution in [2.75, 3.05) is 6.54 Å². The Morgan fingerprint density at radius 2 is 1.86 bits per heavy atom. The Hall–Kier alpha value is -1.81. The molecule has 0 saturated carbocycles.